The van der Waals surface area contributed by atoms with E-state index >= 15 is 0 Å². The van der Waals surface area contributed by atoms with Crippen LogP contribution in [0.15, 0.2) is 64.6 Å². The van der Waals surface area contributed by atoms with Gasteiger partial charge < -0.3 is 9.64 Å². The fourth-order valence-corrected chi connectivity index (χ4v) is 5.35. The molecule has 4 rings (SSSR count). The lowest BCUT2D eigenvalue weighted by atomic mass is 9.89. The van der Waals surface area contributed by atoms with Crippen LogP contribution in [-0.2, 0) is 14.3 Å². The van der Waals surface area contributed by atoms with E-state index in [1.165, 1.54) is 17.0 Å². The minimum Gasteiger partial charge on any atom is -0.472 e. The lowest BCUT2D eigenvalue weighted by molar-refractivity contribution is -0.125. The average molecular weight is 566 g/mol. The van der Waals surface area contributed by atoms with Crippen molar-refractivity contribution in [3.63, 3.8) is 0 Å². The SMILES string of the molecule is C=CC(=O)N1CCC(O/C(=N/C)c2cc(Cl)c(-c3ccccc3F)nc2N(C=O)C2C(C)=CC=NC2C(C)C)C1. The Balaban J connectivity index is 1.84. The second-order valence-corrected chi connectivity index (χ2v) is 10.5. The minimum absolute atomic E-state index is 0.108. The number of allylic oxidation sites excluding steroid dienone is 1. The van der Waals surface area contributed by atoms with Crippen molar-refractivity contribution >= 4 is 41.8 Å². The lowest BCUT2D eigenvalue weighted by Gasteiger charge is -2.37. The molecule has 3 heterocycles. The van der Waals surface area contributed by atoms with E-state index in [0.717, 1.165) is 5.57 Å². The Morgan fingerprint density at radius 2 is 2.10 bits per heavy atom. The number of pyridine rings is 1. The molecule has 2 amide bonds. The molecule has 1 aromatic heterocycles. The number of aromatic nitrogens is 1. The zero-order chi connectivity index (χ0) is 29.0. The Bertz CT molecular complexity index is 1390. The van der Waals surface area contributed by atoms with Gasteiger partial charge in [-0.2, -0.15) is 0 Å². The minimum atomic E-state index is -0.495. The van der Waals surface area contributed by atoms with Gasteiger partial charge in [-0.3, -0.25) is 24.5 Å². The molecule has 0 saturated carbocycles. The molecule has 0 spiro atoms. The van der Waals surface area contributed by atoms with E-state index < -0.39 is 11.9 Å². The largest absolute Gasteiger partial charge is 0.472 e. The van der Waals surface area contributed by atoms with Crippen LogP contribution in [0.5, 0.6) is 0 Å². The van der Waals surface area contributed by atoms with Crippen molar-refractivity contribution in [1.82, 2.24) is 9.88 Å². The zero-order valence-corrected chi connectivity index (χ0v) is 23.8. The Kier molecular flexibility index (Phi) is 9.14. The Hall–Kier alpha value is -3.85. The van der Waals surface area contributed by atoms with Gasteiger partial charge in [-0.05, 0) is 48.8 Å². The first-order valence-electron chi connectivity index (χ1n) is 13.1. The van der Waals surface area contributed by atoms with Crippen LogP contribution in [0.3, 0.4) is 0 Å². The van der Waals surface area contributed by atoms with Gasteiger partial charge in [-0.25, -0.2) is 9.37 Å². The molecular formula is C30H33ClFN5O3. The molecule has 1 saturated heterocycles. The molecular weight excluding hydrogens is 533 g/mol. The molecule has 10 heteroatoms. The maximum atomic E-state index is 14.9. The number of carbonyl (C=O) groups is 2. The van der Waals surface area contributed by atoms with Gasteiger partial charge in [0.15, 0.2) is 0 Å². The van der Waals surface area contributed by atoms with E-state index in [1.54, 1.807) is 42.4 Å². The van der Waals surface area contributed by atoms with Crippen molar-refractivity contribution < 1.29 is 18.7 Å². The van der Waals surface area contributed by atoms with Crippen LogP contribution in [0.25, 0.3) is 11.3 Å². The molecule has 1 fully saturated rings. The molecule has 2 aliphatic heterocycles. The van der Waals surface area contributed by atoms with Crippen molar-refractivity contribution in [3.05, 3.63) is 71.0 Å². The van der Waals surface area contributed by atoms with Gasteiger partial charge in [0.2, 0.25) is 18.2 Å². The average Bonchev–Trinajstić information content (AvgIpc) is 3.42. The van der Waals surface area contributed by atoms with Crippen molar-refractivity contribution in [3.8, 4) is 11.3 Å². The molecule has 3 unspecified atom stereocenters. The Labute approximate surface area is 238 Å². The van der Waals surface area contributed by atoms with Crippen LogP contribution < -0.4 is 4.90 Å². The molecule has 40 heavy (non-hydrogen) atoms. The lowest BCUT2D eigenvalue weighted by Crippen LogP contribution is -2.47. The number of benzene rings is 1. The molecule has 8 nitrogen and oxygen atoms in total. The molecule has 0 aliphatic carbocycles. The number of carbonyl (C=O) groups excluding carboxylic acids is 2. The van der Waals surface area contributed by atoms with Gasteiger partial charge in [-0.1, -0.05) is 44.2 Å². The molecule has 3 atom stereocenters. The summed E-state index contributed by atoms with van der Waals surface area (Å²) >= 11 is 6.71. The Morgan fingerprint density at radius 3 is 2.75 bits per heavy atom. The number of dihydropyridines is 1. The number of rotatable bonds is 8. The number of likely N-dealkylation sites (tertiary alicyclic amines) is 1. The third-order valence-corrected chi connectivity index (χ3v) is 7.44. The highest BCUT2D eigenvalue weighted by molar-refractivity contribution is 6.33. The molecule has 0 N–H and O–H groups in total. The van der Waals surface area contributed by atoms with E-state index in [1.807, 2.05) is 26.8 Å². The van der Waals surface area contributed by atoms with Crippen LogP contribution in [-0.4, -0.2) is 72.6 Å². The van der Waals surface area contributed by atoms with Gasteiger partial charge in [0.25, 0.3) is 0 Å². The summed E-state index contributed by atoms with van der Waals surface area (Å²) in [6.07, 6.45) is 5.84. The fourth-order valence-electron chi connectivity index (χ4n) is 5.10. The van der Waals surface area contributed by atoms with E-state index in [2.05, 4.69) is 16.6 Å². The van der Waals surface area contributed by atoms with Gasteiger partial charge in [0, 0.05) is 31.8 Å². The monoisotopic (exact) mass is 565 g/mol. The summed E-state index contributed by atoms with van der Waals surface area (Å²) in [5.74, 6) is -0.137. The van der Waals surface area contributed by atoms with Gasteiger partial charge in [0.05, 0.1) is 34.9 Å². The van der Waals surface area contributed by atoms with Crippen LogP contribution >= 0.6 is 11.6 Å². The summed E-state index contributed by atoms with van der Waals surface area (Å²) in [6.45, 7) is 10.4. The highest BCUT2D eigenvalue weighted by Gasteiger charge is 2.36. The molecule has 2 aromatic rings. The molecule has 210 valence electrons. The summed E-state index contributed by atoms with van der Waals surface area (Å²) in [5.41, 5.74) is 1.68. The summed E-state index contributed by atoms with van der Waals surface area (Å²) < 4.78 is 21.2. The van der Waals surface area contributed by atoms with E-state index in [9.17, 15) is 14.0 Å². The van der Waals surface area contributed by atoms with Crippen molar-refractivity contribution in [2.75, 3.05) is 25.0 Å². The van der Waals surface area contributed by atoms with Crippen LogP contribution in [0, 0.1) is 11.7 Å². The molecule has 2 aliphatic rings. The van der Waals surface area contributed by atoms with Crippen LogP contribution in [0.1, 0.15) is 32.8 Å². The zero-order valence-electron chi connectivity index (χ0n) is 23.1. The Morgan fingerprint density at radius 1 is 1.35 bits per heavy atom. The normalized spacial score (nSPS) is 20.9. The van der Waals surface area contributed by atoms with Gasteiger partial charge >= 0.3 is 0 Å². The first-order valence-corrected chi connectivity index (χ1v) is 13.5. The molecule has 0 bridgehead atoms. The maximum Gasteiger partial charge on any atom is 0.246 e. The summed E-state index contributed by atoms with van der Waals surface area (Å²) in [7, 11) is 1.57. The second kappa shape index (κ2) is 12.6. The number of ether oxygens (including phenoxy) is 1. The third kappa shape index (κ3) is 5.84. The molecule has 0 radical (unpaired) electrons. The van der Waals surface area contributed by atoms with Crippen molar-refractivity contribution in [2.45, 2.75) is 45.4 Å². The number of anilines is 1. The quantitative estimate of drug-likeness (QED) is 0.193. The fraction of sp³-hybridized carbons (Fsp3) is 0.367. The van der Waals surface area contributed by atoms with Crippen LogP contribution in [0.2, 0.25) is 5.02 Å². The standard InChI is InChI=1S/C30H33ClFN5O3/c1-6-25(39)36-14-12-20(16-36)40-30(33-5)22-15-23(31)27(21-9-7-8-10-24(21)32)35-29(22)37(17-38)28-19(4)11-13-34-26(28)18(2)3/h6-11,13,15,17-18,20,26,28H,1,12,14,16H2,2-5H3/b33-30+. The summed E-state index contributed by atoms with van der Waals surface area (Å²) in [6, 6.07) is 7.09. The second-order valence-electron chi connectivity index (χ2n) is 10.1. The number of nitrogens with zero attached hydrogens (tertiary/aromatic N) is 5. The predicted octanol–water partition coefficient (Wildman–Crippen LogP) is 5.11. The summed E-state index contributed by atoms with van der Waals surface area (Å²) in [5, 5.41) is 0.170. The number of amides is 2. The highest BCUT2D eigenvalue weighted by atomic mass is 35.5. The smallest absolute Gasteiger partial charge is 0.246 e. The van der Waals surface area contributed by atoms with E-state index in [4.69, 9.17) is 21.3 Å². The maximum absolute atomic E-state index is 14.9. The van der Waals surface area contributed by atoms with Crippen molar-refractivity contribution in [1.29, 1.82) is 0 Å². The molecule has 1 aromatic carbocycles. The number of hydrogen-bond donors (Lipinski definition) is 0. The third-order valence-electron chi connectivity index (χ3n) is 7.15. The first kappa shape index (κ1) is 29.1. The first-order chi connectivity index (χ1) is 19.2. The number of hydrogen-bond acceptors (Lipinski definition) is 6. The predicted molar refractivity (Wildman–Crippen MR) is 157 cm³/mol. The van der Waals surface area contributed by atoms with Crippen molar-refractivity contribution in [2.24, 2.45) is 15.9 Å². The van der Waals surface area contributed by atoms with E-state index in [-0.39, 0.29) is 52.0 Å². The number of halogens is 2. The highest BCUT2D eigenvalue weighted by Crippen LogP contribution is 2.36. The van der Waals surface area contributed by atoms with Gasteiger partial charge in [0.1, 0.15) is 17.7 Å². The number of aliphatic imine (C=N–C) groups is 2. The topological polar surface area (TPSA) is 87.5 Å². The van der Waals surface area contributed by atoms with E-state index in [0.29, 0.717) is 31.5 Å². The summed E-state index contributed by atoms with van der Waals surface area (Å²) in [4.78, 5) is 41.9. The van der Waals surface area contributed by atoms with Crippen LogP contribution in [0.4, 0.5) is 10.2 Å². The van der Waals surface area contributed by atoms with Gasteiger partial charge in [-0.15, -0.1) is 0 Å².